The molecule has 16 heavy (non-hydrogen) atoms. The smallest absolute Gasteiger partial charge is 0.335 e. The molecular formula is C11H8ClNO2S. The Kier molecular flexibility index (Phi) is 2.94. The molecular weight excluding hydrogens is 246 g/mol. The zero-order chi connectivity index (χ0) is 11.7. The van der Waals surface area contributed by atoms with Crippen molar-refractivity contribution in [1.82, 2.24) is 4.98 Å². The normalized spacial score (nSPS) is 10.4. The number of halogens is 1. The summed E-state index contributed by atoms with van der Waals surface area (Å²) in [7, 11) is 0. The van der Waals surface area contributed by atoms with Gasteiger partial charge in [-0.15, -0.1) is 11.3 Å². The Labute approximate surface area is 101 Å². The van der Waals surface area contributed by atoms with Crippen molar-refractivity contribution in [1.29, 1.82) is 0 Å². The molecule has 2 aromatic rings. The summed E-state index contributed by atoms with van der Waals surface area (Å²) in [4.78, 5) is 15.1. The minimum atomic E-state index is -0.966. The van der Waals surface area contributed by atoms with E-state index < -0.39 is 5.97 Å². The molecule has 0 saturated carbocycles. The van der Waals surface area contributed by atoms with Crippen LogP contribution in [0, 0.1) is 6.92 Å². The molecule has 0 spiro atoms. The fourth-order valence-electron chi connectivity index (χ4n) is 1.30. The highest BCUT2D eigenvalue weighted by molar-refractivity contribution is 7.13. The van der Waals surface area contributed by atoms with Crippen LogP contribution in [0.5, 0.6) is 0 Å². The lowest BCUT2D eigenvalue weighted by molar-refractivity contribution is 0.0697. The molecule has 1 aromatic heterocycles. The highest BCUT2D eigenvalue weighted by Gasteiger charge is 2.11. The second kappa shape index (κ2) is 4.23. The average Bonchev–Trinajstić information content (AvgIpc) is 2.65. The van der Waals surface area contributed by atoms with E-state index in [2.05, 4.69) is 4.98 Å². The Hall–Kier alpha value is -1.39. The van der Waals surface area contributed by atoms with Crippen LogP contribution in [0.25, 0.3) is 10.6 Å². The molecule has 0 amide bonds. The molecule has 0 aliphatic rings. The minimum Gasteiger partial charge on any atom is -0.478 e. The second-order valence-electron chi connectivity index (χ2n) is 3.29. The maximum atomic E-state index is 10.8. The Morgan fingerprint density at radius 3 is 2.81 bits per heavy atom. The first kappa shape index (κ1) is 11.1. The van der Waals surface area contributed by atoms with E-state index in [9.17, 15) is 4.79 Å². The first-order valence-electron chi connectivity index (χ1n) is 4.53. The summed E-state index contributed by atoms with van der Waals surface area (Å²) >= 11 is 7.47. The Morgan fingerprint density at radius 2 is 2.25 bits per heavy atom. The van der Waals surface area contributed by atoms with Crippen LogP contribution in [-0.4, -0.2) is 16.1 Å². The van der Waals surface area contributed by atoms with E-state index in [0.717, 1.165) is 10.7 Å². The third-order valence-electron chi connectivity index (χ3n) is 2.06. The number of hydrogen-bond donors (Lipinski definition) is 1. The summed E-state index contributed by atoms with van der Waals surface area (Å²) in [5, 5.41) is 12.0. The molecule has 0 aliphatic heterocycles. The number of rotatable bonds is 2. The third kappa shape index (κ3) is 2.08. The van der Waals surface area contributed by atoms with Gasteiger partial charge in [0, 0.05) is 16.6 Å². The number of carboxylic acid groups (broad SMARTS) is 1. The topological polar surface area (TPSA) is 50.2 Å². The summed E-state index contributed by atoms with van der Waals surface area (Å²) < 4.78 is 0. The summed E-state index contributed by atoms with van der Waals surface area (Å²) in [6.07, 6.45) is 0. The molecule has 1 N–H and O–H groups in total. The van der Waals surface area contributed by atoms with E-state index >= 15 is 0 Å². The van der Waals surface area contributed by atoms with Crippen molar-refractivity contribution in [3.8, 4) is 10.6 Å². The number of carbonyl (C=O) groups is 1. The zero-order valence-corrected chi connectivity index (χ0v) is 9.97. The van der Waals surface area contributed by atoms with E-state index in [4.69, 9.17) is 16.7 Å². The highest BCUT2D eigenvalue weighted by Crippen LogP contribution is 2.31. The second-order valence-corrected chi connectivity index (χ2v) is 4.56. The van der Waals surface area contributed by atoms with Crippen molar-refractivity contribution >= 4 is 28.9 Å². The molecule has 0 saturated heterocycles. The molecule has 1 aromatic carbocycles. The van der Waals surface area contributed by atoms with Gasteiger partial charge in [-0.25, -0.2) is 9.78 Å². The van der Waals surface area contributed by atoms with Gasteiger partial charge in [-0.05, 0) is 25.1 Å². The van der Waals surface area contributed by atoms with Crippen LogP contribution in [0.15, 0.2) is 23.6 Å². The Balaban J connectivity index is 2.55. The monoisotopic (exact) mass is 253 g/mol. The van der Waals surface area contributed by atoms with Crippen molar-refractivity contribution in [2.24, 2.45) is 0 Å². The predicted octanol–water partition coefficient (Wildman–Crippen LogP) is 3.47. The zero-order valence-electron chi connectivity index (χ0n) is 8.40. The van der Waals surface area contributed by atoms with E-state index in [0.29, 0.717) is 10.6 Å². The fraction of sp³-hybridized carbons (Fsp3) is 0.0909. The number of aryl methyl sites for hydroxylation is 1. The number of hydrogen-bond acceptors (Lipinski definition) is 3. The van der Waals surface area contributed by atoms with E-state index in [1.807, 2.05) is 12.3 Å². The summed E-state index contributed by atoms with van der Waals surface area (Å²) in [6, 6.07) is 4.61. The predicted molar refractivity (Wildman–Crippen MR) is 64.3 cm³/mol. The van der Waals surface area contributed by atoms with Gasteiger partial charge < -0.3 is 5.11 Å². The molecule has 1 heterocycles. The van der Waals surface area contributed by atoms with Gasteiger partial charge in [-0.1, -0.05) is 11.6 Å². The summed E-state index contributed by atoms with van der Waals surface area (Å²) in [6.45, 7) is 1.88. The molecule has 0 fully saturated rings. The lowest BCUT2D eigenvalue weighted by atomic mass is 10.1. The quantitative estimate of drug-likeness (QED) is 0.892. The molecule has 0 radical (unpaired) electrons. The number of aromatic carboxylic acids is 1. The average molecular weight is 254 g/mol. The van der Waals surface area contributed by atoms with Crippen molar-refractivity contribution in [2.45, 2.75) is 6.92 Å². The van der Waals surface area contributed by atoms with Gasteiger partial charge >= 0.3 is 5.97 Å². The van der Waals surface area contributed by atoms with Gasteiger partial charge in [0.2, 0.25) is 0 Å². The van der Waals surface area contributed by atoms with Gasteiger partial charge in [0.15, 0.2) is 0 Å². The number of nitrogens with zero attached hydrogens (tertiary/aromatic N) is 1. The van der Waals surface area contributed by atoms with Crippen LogP contribution in [0.4, 0.5) is 0 Å². The summed E-state index contributed by atoms with van der Waals surface area (Å²) in [5.74, 6) is -0.966. The molecule has 0 bridgehead atoms. The van der Waals surface area contributed by atoms with Gasteiger partial charge in [0.25, 0.3) is 0 Å². The van der Waals surface area contributed by atoms with Crippen molar-refractivity contribution < 1.29 is 9.90 Å². The maximum absolute atomic E-state index is 10.8. The van der Waals surface area contributed by atoms with Crippen LogP contribution in [0.1, 0.15) is 16.1 Å². The Morgan fingerprint density at radius 1 is 1.50 bits per heavy atom. The molecule has 82 valence electrons. The van der Waals surface area contributed by atoms with E-state index in [1.54, 1.807) is 12.1 Å². The Bertz CT molecular complexity index is 551. The van der Waals surface area contributed by atoms with Gasteiger partial charge in [0.05, 0.1) is 10.6 Å². The number of benzene rings is 1. The van der Waals surface area contributed by atoms with Crippen LogP contribution in [-0.2, 0) is 0 Å². The molecule has 5 heteroatoms. The van der Waals surface area contributed by atoms with E-state index in [1.165, 1.54) is 17.4 Å². The first-order chi connectivity index (χ1) is 7.58. The molecule has 0 unspecified atom stereocenters. The van der Waals surface area contributed by atoms with Crippen LogP contribution in [0.3, 0.4) is 0 Å². The minimum absolute atomic E-state index is 0.215. The van der Waals surface area contributed by atoms with Crippen LogP contribution < -0.4 is 0 Å². The third-order valence-corrected chi connectivity index (χ3v) is 3.39. The largest absolute Gasteiger partial charge is 0.478 e. The van der Waals surface area contributed by atoms with Gasteiger partial charge in [-0.2, -0.15) is 0 Å². The van der Waals surface area contributed by atoms with Crippen molar-refractivity contribution in [3.63, 3.8) is 0 Å². The lowest BCUT2D eigenvalue weighted by Gasteiger charge is -2.01. The number of carboxylic acids is 1. The van der Waals surface area contributed by atoms with Crippen molar-refractivity contribution in [3.05, 3.63) is 39.9 Å². The van der Waals surface area contributed by atoms with E-state index in [-0.39, 0.29) is 5.56 Å². The van der Waals surface area contributed by atoms with Gasteiger partial charge in [-0.3, -0.25) is 0 Å². The standard InChI is InChI=1S/C11H8ClNO2S/c1-6-5-16-10(13-6)8-4-7(11(14)15)2-3-9(8)12/h2-5H,1H3,(H,14,15). The first-order valence-corrected chi connectivity index (χ1v) is 5.79. The molecule has 0 aliphatic carbocycles. The number of aromatic nitrogens is 1. The van der Waals surface area contributed by atoms with Crippen molar-refractivity contribution in [2.75, 3.05) is 0 Å². The van der Waals surface area contributed by atoms with Crippen LogP contribution >= 0.6 is 22.9 Å². The molecule has 0 atom stereocenters. The maximum Gasteiger partial charge on any atom is 0.335 e. The SMILES string of the molecule is Cc1csc(-c2cc(C(=O)O)ccc2Cl)n1. The van der Waals surface area contributed by atoms with Crippen LogP contribution in [0.2, 0.25) is 5.02 Å². The van der Waals surface area contributed by atoms with Gasteiger partial charge in [0.1, 0.15) is 5.01 Å². The fourth-order valence-corrected chi connectivity index (χ4v) is 2.39. The lowest BCUT2D eigenvalue weighted by Crippen LogP contribution is -1.96. The molecule has 2 rings (SSSR count). The number of thiazole rings is 1. The summed E-state index contributed by atoms with van der Waals surface area (Å²) in [5.41, 5.74) is 1.78. The highest BCUT2D eigenvalue weighted by atomic mass is 35.5. The molecule has 3 nitrogen and oxygen atoms in total.